The molecule has 0 aliphatic carbocycles. The van der Waals surface area contributed by atoms with E-state index in [1.54, 1.807) is 18.2 Å². The second-order valence-corrected chi connectivity index (χ2v) is 5.35. The summed E-state index contributed by atoms with van der Waals surface area (Å²) in [5.74, 6) is 1.67. The van der Waals surface area contributed by atoms with Gasteiger partial charge in [-0.25, -0.2) is 12.8 Å². The number of halogens is 1. The lowest BCUT2D eigenvalue weighted by atomic mass is 10.2. The fourth-order valence-corrected chi connectivity index (χ4v) is 2.45. The van der Waals surface area contributed by atoms with E-state index in [0.717, 1.165) is 18.5 Å². The Morgan fingerprint density at radius 2 is 2.05 bits per heavy atom. The van der Waals surface area contributed by atoms with Crippen LogP contribution in [-0.4, -0.2) is 13.4 Å². The van der Waals surface area contributed by atoms with Crippen LogP contribution in [0.1, 0.15) is 5.56 Å². The number of anilines is 1. The zero-order valence-electron chi connectivity index (χ0n) is 9.67. The number of sulfonamides is 1. The first kappa shape index (κ1) is 13.1. The molecule has 0 atom stereocenters. The van der Waals surface area contributed by atoms with Gasteiger partial charge in [-0.15, -0.1) is 6.42 Å². The van der Waals surface area contributed by atoms with E-state index in [2.05, 4.69) is 15.6 Å². The van der Waals surface area contributed by atoms with Crippen LogP contribution in [0.5, 0.6) is 0 Å². The normalized spacial score (nSPS) is 10.7. The smallest absolute Gasteiger partial charge is 0.263 e. The largest absolute Gasteiger partial charge is 0.280 e. The number of nitrogens with one attached hydrogen (secondary N) is 1. The maximum atomic E-state index is 13.0. The van der Waals surface area contributed by atoms with E-state index in [9.17, 15) is 12.8 Å². The number of pyridine rings is 1. The molecular weight excluding hydrogens is 267 g/mol. The number of hydrogen-bond acceptors (Lipinski definition) is 3. The van der Waals surface area contributed by atoms with Crippen molar-refractivity contribution in [2.24, 2.45) is 0 Å². The monoisotopic (exact) mass is 276 g/mol. The zero-order chi connectivity index (χ0) is 13.9. The lowest BCUT2D eigenvalue weighted by molar-refractivity contribution is 0.592. The van der Waals surface area contributed by atoms with Crippen molar-refractivity contribution in [2.75, 3.05) is 4.72 Å². The second-order valence-electron chi connectivity index (χ2n) is 3.67. The molecule has 2 aromatic rings. The molecule has 1 N–H and O–H groups in total. The third-order valence-corrected chi connectivity index (χ3v) is 3.62. The molecular formula is C13H9FN2O2S. The van der Waals surface area contributed by atoms with Crippen LogP contribution in [0.25, 0.3) is 0 Å². The third-order valence-electron chi connectivity index (χ3n) is 2.27. The van der Waals surface area contributed by atoms with Gasteiger partial charge in [0.05, 0.1) is 11.9 Å². The van der Waals surface area contributed by atoms with E-state index in [0.29, 0.717) is 11.3 Å². The average Bonchev–Trinajstić information content (AvgIpc) is 2.38. The molecule has 0 amide bonds. The first-order chi connectivity index (χ1) is 9.01. The van der Waals surface area contributed by atoms with Crippen molar-refractivity contribution in [3.8, 4) is 12.3 Å². The molecule has 0 saturated heterocycles. The highest BCUT2D eigenvalue weighted by atomic mass is 32.2. The number of terminal acetylenes is 1. The molecule has 19 heavy (non-hydrogen) atoms. The van der Waals surface area contributed by atoms with Gasteiger partial charge >= 0.3 is 0 Å². The summed E-state index contributed by atoms with van der Waals surface area (Å²) in [5, 5.41) is 0. The quantitative estimate of drug-likeness (QED) is 0.872. The molecule has 1 aromatic carbocycles. The fourth-order valence-electron chi connectivity index (χ4n) is 1.43. The summed E-state index contributed by atoms with van der Waals surface area (Å²) < 4.78 is 39.2. The Morgan fingerprint density at radius 3 is 2.74 bits per heavy atom. The minimum Gasteiger partial charge on any atom is -0.280 e. The lowest BCUT2D eigenvalue weighted by Gasteiger charge is -2.08. The van der Waals surface area contributed by atoms with Crippen molar-refractivity contribution in [1.29, 1.82) is 0 Å². The molecule has 0 spiro atoms. The Hall–Kier alpha value is -2.39. The van der Waals surface area contributed by atoms with Gasteiger partial charge in [-0.05, 0) is 24.3 Å². The molecule has 1 aromatic heterocycles. The van der Waals surface area contributed by atoms with Gasteiger partial charge in [0, 0.05) is 11.8 Å². The van der Waals surface area contributed by atoms with Crippen LogP contribution in [-0.2, 0) is 10.0 Å². The maximum Gasteiger partial charge on any atom is 0.263 e. The van der Waals surface area contributed by atoms with Crippen molar-refractivity contribution >= 4 is 15.7 Å². The molecule has 96 valence electrons. The number of benzene rings is 1. The Morgan fingerprint density at radius 1 is 1.26 bits per heavy atom. The van der Waals surface area contributed by atoms with Gasteiger partial charge in [0.15, 0.2) is 0 Å². The summed E-state index contributed by atoms with van der Waals surface area (Å²) >= 11 is 0. The van der Waals surface area contributed by atoms with Gasteiger partial charge in [0.2, 0.25) is 0 Å². The van der Waals surface area contributed by atoms with Crippen LogP contribution in [0.3, 0.4) is 0 Å². The van der Waals surface area contributed by atoms with Crippen LogP contribution >= 0.6 is 0 Å². The number of nitrogens with zero attached hydrogens (tertiary/aromatic N) is 1. The SMILES string of the molecule is C#Cc1cccc(NS(=O)(=O)c2cncc(F)c2)c1. The predicted octanol–water partition coefficient (Wildman–Crippen LogP) is 2.00. The molecule has 0 unspecified atom stereocenters. The Balaban J connectivity index is 2.34. The molecule has 0 aliphatic heterocycles. The van der Waals surface area contributed by atoms with Crippen molar-refractivity contribution in [3.63, 3.8) is 0 Å². The van der Waals surface area contributed by atoms with Crippen LogP contribution in [0.2, 0.25) is 0 Å². The fraction of sp³-hybridized carbons (Fsp3) is 0. The molecule has 4 nitrogen and oxygen atoms in total. The molecule has 0 fully saturated rings. The van der Waals surface area contributed by atoms with Crippen molar-refractivity contribution in [2.45, 2.75) is 4.90 Å². The molecule has 0 bridgehead atoms. The number of rotatable bonds is 3. The minimum absolute atomic E-state index is 0.251. The molecule has 0 saturated carbocycles. The Kier molecular flexibility index (Phi) is 3.49. The Labute approximate surface area is 110 Å². The summed E-state index contributed by atoms with van der Waals surface area (Å²) in [7, 11) is -3.88. The van der Waals surface area contributed by atoms with Crippen molar-refractivity contribution in [1.82, 2.24) is 4.98 Å². The summed E-state index contributed by atoms with van der Waals surface area (Å²) in [5.41, 5.74) is 0.845. The van der Waals surface area contributed by atoms with Crippen LogP contribution in [0, 0.1) is 18.2 Å². The van der Waals surface area contributed by atoms with Crippen LogP contribution in [0.15, 0.2) is 47.6 Å². The molecule has 6 heteroatoms. The highest BCUT2D eigenvalue weighted by molar-refractivity contribution is 7.92. The number of hydrogen-bond donors (Lipinski definition) is 1. The maximum absolute atomic E-state index is 13.0. The topological polar surface area (TPSA) is 59.1 Å². The summed E-state index contributed by atoms with van der Waals surface area (Å²) in [4.78, 5) is 3.25. The first-order valence-corrected chi connectivity index (χ1v) is 6.69. The van der Waals surface area contributed by atoms with E-state index < -0.39 is 15.8 Å². The summed E-state index contributed by atoms with van der Waals surface area (Å²) in [6, 6.07) is 7.23. The van der Waals surface area contributed by atoms with Gasteiger partial charge in [0.25, 0.3) is 10.0 Å². The van der Waals surface area contributed by atoms with E-state index in [1.807, 2.05) is 0 Å². The van der Waals surface area contributed by atoms with Gasteiger partial charge in [-0.1, -0.05) is 12.0 Å². The van der Waals surface area contributed by atoms with E-state index in [-0.39, 0.29) is 4.90 Å². The first-order valence-electron chi connectivity index (χ1n) is 5.21. The minimum atomic E-state index is -3.88. The van der Waals surface area contributed by atoms with Crippen molar-refractivity contribution in [3.05, 3.63) is 54.1 Å². The van der Waals surface area contributed by atoms with E-state index in [4.69, 9.17) is 6.42 Å². The predicted molar refractivity (Wildman–Crippen MR) is 69.4 cm³/mol. The zero-order valence-corrected chi connectivity index (χ0v) is 10.5. The summed E-state index contributed by atoms with van der Waals surface area (Å²) in [6.45, 7) is 0. The van der Waals surface area contributed by atoms with Gasteiger partial charge in [-0.3, -0.25) is 9.71 Å². The van der Waals surface area contributed by atoms with Crippen LogP contribution in [0.4, 0.5) is 10.1 Å². The highest BCUT2D eigenvalue weighted by Crippen LogP contribution is 2.16. The highest BCUT2D eigenvalue weighted by Gasteiger charge is 2.15. The van der Waals surface area contributed by atoms with Gasteiger partial charge in [0.1, 0.15) is 10.7 Å². The molecule has 1 heterocycles. The van der Waals surface area contributed by atoms with Crippen LogP contribution < -0.4 is 4.72 Å². The van der Waals surface area contributed by atoms with Crippen molar-refractivity contribution < 1.29 is 12.8 Å². The molecule has 0 radical (unpaired) electrons. The lowest BCUT2D eigenvalue weighted by Crippen LogP contribution is -2.13. The van der Waals surface area contributed by atoms with E-state index >= 15 is 0 Å². The number of aromatic nitrogens is 1. The van der Waals surface area contributed by atoms with Gasteiger partial charge in [-0.2, -0.15) is 0 Å². The summed E-state index contributed by atoms with van der Waals surface area (Å²) in [6.07, 6.45) is 7.22. The molecule has 0 aliphatic rings. The standard InChI is InChI=1S/C13H9FN2O2S/c1-2-10-4-3-5-12(6-10)16-19(17,18)13-7-11(14)8-15-9-13/h1,3-9,16H. The molecule has 2 rings (SSSR count). The Bertz CT molecular complexity index is 751. The van der Waals surface area contributed by atoms with Gasteiger partial charge < -0.3 is 0 Å². The third kappa shape index (κ3) is 3.09. The second kappa shape index (κ2) is 5.08. The average molecular weight is 276 g/mol. The van der Waals surface area contributed by atoms with E-state index in [1.165, 1.54) is 6.07 Å².